The van der Waals surface area contributed by atoms with Gasteiger partial charge in [0.15, 0.2) is 5.78 Å². The third-order valence-electron chi connectivity index (χ3n) is 3.28. The van der Waals surface area contributed by atoms with Crippen molar-refractivity contribution in [1.82, 2.24) is 0 Å². The molecule has 2 rings (SSSR count). The van der Waals surface area contributed by atoms with E-state index >= 15 is 0 Å². The molecule has 0 N–H and O–H groups in total. The van der Waals surface area contributed by atoms with Gasteiger partial charge in [0.05, 0.1) is 0 Å². The summed E-state index contributed by atoms with van der Waals surface area (Å²) in [6.45, 7) is 2.15. The Morgan fingerprint density at radius 2 is 1.94 bits per heavy atom. The number of carbonyl (C=O) groups excluding carboxylic acids is 1. The Hall–Kier alpha value is -0.890. The molecule has 0 spiro atoms. The van der Waals surface area contributed by atoms with Crippen LogP contribution in [0.3, 0.4) is 0 Å². The first-order valence-electron chi connectivity index (χ1n) is 6.58. The molecule has 2 heteroatoms. The molecule has 1 aliphatic carbocycles. The quantitative estimate of drug-likeness (QED) is 0.726. The van der Waals surface area contributed by atoms with Crippen LogP contribution < -0.4 is 0 Å². The Kier molecular flexibility index (Phi) is 4.55. The lowest BCUT2D eigenvalue weighted by molar-refractivity contribution is -0.114. The average molecular weight is 248 g/mol. The van der Waals surface area contributed by atoms with Crippen LogP contribution in [0.15, 0.2) is 23.8 Å². The van der Waals surface area contributed by atoms with Gasteiger partial charge < -0.3 is 0 Å². The molecule has 0 aromatic carbocycles. The zero-order chi connectivity index (χ0) is 12.1. The summed E-state index contributed by atoms with van der Waals surface area (Å²) in [6.07, 6.45) is 9.69. The molecule has 17 heavy (non-hydrogen) atoms. The monoisotopic (exact) mass is 248 g/mol. The Balaban J connectivity index is 1.92. The highest BCUT2D eigenvalue weighted by molar-refractivity contribution is 7.12. The molecule has 1 aromatic rings. The molecule has 0 aliphatic heterocycles. The molecule has 1 nitrogen and oxygen atoms in total. The van der Waals surface area contributed by atoms with Gasteiger partial charge in [0.2, 0.25) is 0 Å². The van der Waals surface area contributed by atoms with Crippen molar-refractivity contribution in [3.8, 4) is 0 Å². The lowest BCUT2D eigenvalue weighted by Crippen LogP contribution is -2.01. The van der Waals surface area contributed by atoms with E-state index in [0.29, 0.717) is 6.42 Å². The molecule has 1 heterocycles. The van der Waals surface area contributed by atoms with Gasteiger partial charge in [-0.3, -0.25) is 4.79 Å². The minimum absolute atomic E-state index is 0.284. The summed E-state index contributed by atoms with van der Waals surface area (Å²) in [5, 5.41) is 0. The molecule has 0 unspecified atom stereocenters. The van der Waals surface area contributed by atoms with Crippen molar-refractivity contribution in [1.29, 1.82) is 0 Å². The van der Waals surface area contributed by atoms with Crippen LogP contribution in [0.2, 0.25) is 0 Å². The Labute approximate surface area is 108 Å². The zero-order valence-electron chi connectivity index (χ0n) is 10.5. The van der Waals surface area contributed by atoms with E-state index in [2.05, 4.69) is 19.1 Å². The Bertz CT molecular complexity index is 406. The van der Waals surface area contributed by atoms with Crippen molar-refractivity contribution in [3.63, 3.8) is 0 Å². The first-order chi connectivity index (χ1) is 8.28. The second-order valence-electron chi connectivity index (χ2n) is 4.73. The molecule has 1 saturated carbocycles. The summed E-state index contributed by atoms with van der Waals surface area (Å²) in [5.74, 6) is 0.284. The minimum Gasteiger partial charge on any atom is -0.294 e. The largest absolute Gasteiger partial charge is 0.294 e. The predicted molar refractivity (Wildman–Crippen MR) is 73.6 cm³/mol. The molecule has 0 amide bonds. The number of aryl methyl sites for hydroxylation is 1. The van der Waals surface area contributed by atoms with E-state index < -0.39 is 0 Å². The van der Waals surface area contributed by atoms with E-state index in [-0.39, 0.29) is 5.78 Å². The number of hydrogen-bond acceptors (Lipinski definition) is 2. The standard InChI is InChI=1S/C15H20OS/c1-2-14-8-9-15(17-14)11-13(16)10-12-6-4-3-5-7-12/h8-10H,2-7,11H2,1H3. The maximum atomic E-state index is 11.9. The average Bonchev–Trinajstić information content (AvgIpc) is 2.78. The van der Waals surface area contributed by atoms with E-state index in [4.69, 9.17) is 0 Å². The van der Waals surface area contributed by atoms with Crippen LogP contribution in [0.1, 0.15) is 48.8 Å². The highest BCUT2D eigenvalue weighted by Crippen LogP contribution is 2.23. The van der Waals surface area contributed by atoms with Crippen molar-refractivity contribution >= 4 is 17.1 Å². The number of allylic oxidation sites excluding steroid dienone is 2. The van der Waals surface area contributed by atoms with Crippen molar-refractivity contribution in [3.05, 3.63) is 33.5 Å². The van der Waals surface area contributed by atoms with Crippen LogP contribution in [0.25, 0.3) is 0 Å². The van der Waals surface area contributed by atoms with Gasteiger partial charge in [-0.15, -0.1) is 11.3 Å². The van der Waals surface area contributed by atoms with Crippen LogP contribution in [-0.4, -0.2) is 5.78 Å². The molecular formula is C15H20OS. The summed E-state index contributed by atoms with van der Waals surface area (Å²) in [7, 11) is 0. The third kappa shape index (κ3) is 3.81. The summed E-state index contributed by atoms with van der Waals surface area (Å²) < 4.78 is 0. The van der Waals surface area contributed by atoms with Crippen molar-refractivity contribution in [2.75, 3.05) is 0 Å². The number of rotatable bonds is 4. The first-order valence-corrected chi connectivity index (χ1v) is 7.39. The molecule has 0 saturated heterocycles. The predicted octanol–water partition coefficient (Wildman–Crippen LogP) is 4.31. The van der Waals surface area contributed by atoms with E-state index in [1.807, 2.05) is 6.08 Å². The maximum absolute atomic E-state index is 11.9. The maximum Gasteiger partial charge on any atom is 0.160 e. The molecule has 0 bridgehead atoms. The van der Waals surface area contributed by atoms with Gasteiger partial charge in [0, 0.05) is 16.2 Å². The summed E-state index contributed by atoms with van der Waals surface area (Å²) in [6, 6.07) is 4.24. The number of hydrogen-bond donors (Lipinski definition) is 0. The zero-order valence-corrected chi connectivity index (χ0v) is 11.3. The molecule has 92 valence electrons. The molecule has 1 aromatic heterocycles. The van der Waals surface area contributed by atoms with Gasteiger partial charge in [-0.2, -0.15) is 0 Å². The lowest BCUT2D eigenvalue weighted by Gasteiger charge is -2.12. The minimum atomic E-state index is 0.284. The van der Waals surface area contributed by atoms with Crippen LogP contribution in [0, 0.1) is 0 Å². The fraction of sp³-hybridized carbons (Fsp3) is 0.533. The summed E-state index contributed by atoms with van der Waals surface area (Å²) in [5.41, 5.74) is 1.37. The Morgan fingerprint density at radius 1 is 1.24 bits per heavy atom. The van der Waals surface area contributed by atoms with Gasteiger partial charge in [0.1, 0.15) is 0 Å². The van der Waals surface area contributed by atoms with Gasteiger partial charge in [-0.1, -0.05) is 18.9 Å². The molecule has 0 radical (unpaired) electrons. The van der Waals surface area contributed by atoms with E-state index in [1.165, 1.54) is 34.6 Å². The fourth-order valence-electron chi connectivity index (χ4n) is 2.31. The van der Waals surface area contributed by atoms with Crippen molar-refractivity contribution in [2.24, 2.45) is 0 Å². The van der Waals surface area contributed by atoms with Crippen LogP contribution in [0.5, 0.6) is 0 Å². The summed E-state index contributed by atoms with van der Waals surface area (Å²) >= 11 is 1.77. The summed E-state index contributed by atoms with van der Waals surface area (Å²) in [4.78, 5) is 14.5. The second-order valence-corrected chi connectivity index (χ2v) is 5.98. The lowest BCUT2D eigenvalue weighted by atomic mass is 9.94. The van der Waals surface area contributed by atoms with Gasteiger partial charge >= 0.3 is 0 Å². The number of ketones is 1. The first kappa shape index (κ1) is 12.6. The highest BCUT2D eigenvalue weighted by atomic mass is 32.1. The molecule has 0 atom stereocenters. The molecular weight excluding hydrogens is 228 g/mol. The van der Waals surface area contributed by atoms with E-state index in [9.17, 15) is 4.79 Å². The number of carbonyl (C=O) groups is 1. The normalized spacial score (nSPS) is 15.9. The smallest absolute Gasteiger partial charge is 0.160 e. The van der Waals surface area contributed by atoms with Crippen molar-refractivity contribution in [2.45, 2.75) is 51.9 Å². The topological polar surface area (TPSA) is 17.1 Å². The van der Waals surface area contributed by atoms with Crippen LogP contribution in [-0.2, 0) is 17.6 Å². The SMILES string of the molecule is CCc1ccc(CC(=O)C=C2CCCCC2)s1. The van der Waals surface area contributed by atoms with Gasteiger partial charge in [-0.05, 0) is 50.3 Å². The van der Waals surface area contributed by atoms with Gasteiger partial charge in [-0.25, -0.2) is 0 Å². The van der Waals surface area contributed by atoms with Crippen LogP contribution >= 0.6 is 11.3 Å². The van der Waals surface area contributed by atoms with Crippen molar-refractivity contribution < 1.29 is 4.79 Å². The van der Waals surface area contributed by atoms with E-state index in [1.54, 1.807) is 11.3 Å². The van der Waals surface area contributed by atoms with Crippen LogP contribution in [0.4, 0.5) is 0 Å². The Morgan fingerprint density at radius 3 is 2.59 bits per heavy atom. The second kappa shape index (κ2) is 6.15. The highest BCUT2D eigenvalue weighted by Gasteiger charge is 2.09. The number of thiophene rings is 1. The van der Waals surface area contributed by atoms with Gasteiger partial charge in [0.25, 0.3) is 0 Å². The molecule has 1 aliphatic rings. The molecule has 1 fully saturated rings. The third-order valence-corrected chi connectivity index (χ3v) is 4.50. The fourth-order valence-corrected chi connectivity index (χ4v) is 3.28. The van der Waals surface area contributed by atoms with E-state index in [0.717, 1.165) is 19.3 Å².